The molecular formula is C22H27NO2. The number of amides is 1. The summed E-state index contributed by atoms with van der Waals surface area (Å²) in [5.41, 5.74) is 3.43. The van der Waals surface area contributed by atoms with E-state index in [0.717, 1.165) is 30.6 Å². The Kier molecular flexibility index (Phi) is 4.85. The van der Waals surface area contributed by atoms with E-state index >= 15 is 0 Å². The molecule has 1 aliphatic rings. The molecule has 1 amide bonds. The van der Waals surface area contributed by atoms with E-state index in [2.05, 4.69) is 39.0 Å². The minimum atomic E-state index is -0.0145. The van der Waals surface area contributed by atoms with Gasteiger partial charge in [-0.3, -0.25) is 4.79 Å². The van der Waals surface area contributed by atoms with E-state index < -0.39 is 0 Å². The van der Waals surface area contributed by atoms with E-state index in [4.69, 9.17) is 0 Å². The van der Waals surface area contributed by atoms with Crippen LogP contribution in [0.25, 0.3) is 0 Å². The first kappa shape index (κ1) is 17.5. The van der Waals surface area contributed by atoms with Gasteiger partial charge in [0.1, 0.15) is 5.75 Å². The van der Waals surface area contributed by atoms with Gasteiger partial charge in [-0.05, 0) is 47.9 Å². The zero-order valence-electron chi connectivity index (χ0n) is 15.3. The van der Waals surface area contributed by atoms with Crippen LogP contribution in [-0.4, -0.2) is 29.0 Å². The van der Waals surface area contributed by atoms with Crippen molar-refractivity contribution >= 4 is 5.91 Å². The van der Waals surface area contributed by atoms with Gasteiger partial charge < -0.3 is 10.0 Å². The van der Waals surface area contributed by atoms with Gasteiger partial charge in [0.2, 0.25) is 5.91 Å². The Morgan fingerprint density at radius 3 is 2.60 bits per heavy atom. The van der Waals surface area contributed by atoms with E-state index in [0.29, 0.717) is 18.1 Å². The molecule has 1 saturated heterocycles. The fourth-order valence-corrected chi connectivity index (χ4v) is 3.75. The molecule has 0 unspecified atom stereocenters. The highest BCUT2D eigenvalue weighted by Crippen LogP contribution is 2.40. The number of benzene rings is 2. The molecule has 3 nitrogen and oxygen atoms in total. The average Bonchev–Trinajstić information content (AvgIpc) is 2.59. The number of aromatic hydroxyl groups is 1. The van der Waals surface area contributed by atoms with Crippen LogP contribution in [0.4, 0.5) is 0 Å². The Hall–Kier alpha value is -2.29. The normalized spacial score (nSPS) is 23.5. The molecule has 1 heterocycles. The van der Waals surface area contributed by atoms with Crippen LogP contribution in [0.2, 0.25) is 0 Å². The van der Waals surface area contributed by atoms with Gasteiger partial charge in [0.05, 0.1) is 6.42 Å². The molecule has 1 N–H and O–H groups in total. The zero-order valence-corrected chi connectivity index (χ0v) is 15.3. The van der Waals surface area contributed by atoms with Crippen molar-refractivity contribution in [3.8, 4) is 5.75 Å². The van der Waals surface area contributed by atoms with Crippen molar-refractivity contribution in [2.45, 2.75) is 39.0 Å². The molecule has 0 radical (unpaired) electrons. The summed E-state index contributed by atoms with van der Waals surface area (Å²) in [4.78, 5) is 14.7. The van der Waals surface area contributed by atoms with Crippen LogP contribution < -0.4 is 0 Å². The van der Waals surface area contributed by atoms with Crippen LogP contribution >= 0.6 is 0 Å². The Labute approximate surface area is 150 Å². The smallest absolute Gasteiger partial charge is 0.226 e. The van der Waals surface area contributed by atoms with Gasteiger partial charge in [-0.2, -0.15) is 0 Å². The number of hydrogen-bond donors (Lipinski definition) is 1. The van der Waals surface area contributed by atoms with Crippen molar-refractivity contribution in [3.63, 3.8) is 0 Å². The molecule has 1 fully saturated rings. The van der Waals surface area contributed by atoms with Crippen molar-refractivity contribution in [2.24, 2.45) is 5.92 Å². The molecule has 132 valence electrons. The summed E-state index contributed by atoms with van der Waals surface area (Å²) in [6, 6.07) is 15.7. The third kappa shape index (κ3) is 3.71. The highest BCUT2D eigenvalue weighted by Gasteiger charge is 2.39. The molecular weight excluding hydrogens is 310 g/mol. The van der Waals surface area contributed by atoms with Crippen LogP contribution in [0, 0.1) is 12.8 Å². The molecule has 2 atom stereocenters. The Bertz CT molecular complexity index is 753. The Morgan fingerprint density at radius 1 is 1.24 bits per heavy atom. The number of nitrogens with zero attached hydrogens (tertiary/aromatic N) is 1. The molecule has 0 aromatic heterocycles. The highest BCUT2D eigenvalue weighted by molar-refractivity contribution is 5.79. The summed E-state index contributed by atoms with van der Waals surface area (Å²) in [5, 5.41) is 9.80. The molecule has 2 aromatic rings. The average molecular weight is 337 g/mol. The number of rotatable bonds is 3. The fraction of sp³-hybridized carbons (Fsp3) is 0.409. The van der Waals surface area contributed by atoms with Crippen LogP contribution in [0.3, 0.4) is 0 Å². The summed E-state index contributed by atoms with van der Waals surface area (Å²) in [6.07, 6.45) is 1.38. The number of hydrogen-bond acceptors (Lipinski definition) is 2. The SMILES string of the molecule is Cc1ccc(CC(=O)N2CC[C@@](C)(c3cccc(O)c3)[C@@H](C)C2)cc1. The summed E-state index contributed by atoms with van der Waals surface area (Å²) in [6.45, 7) is 8.03. The molecule has 1 aliphatic heterocycles. The molecule has 3 rings (SSSR count). The second-order valence-corrected chi connectivity index (χ2v) is 7.62. The summed E-state index contributed by atoms with van der Waals surface area (Å²) in [7, 11) is 0. The van der Waals surface area contributed by atoms with Crippen molar-refractivity contribution in [1.82, 2.24) is 4.90 Å². The number of carbonyl (C=O) groups is 1. The lowest BCUT2D eigenvalue weighted by atomic mass is 9.68. The van der Waals surface area contributed by atoms with Crippen molar-refractivity contribution in [1.29, 1.82) is 0 Å². The lowest BCUT2D eigenvalue weighted by Gasteiger charge is -2.45. The van der Waals surface area contributed by atoms with Gasteiger partial charge in [-0.15, -0.1) is 0 Å². The Balaban J connectivity index is 1.68. The lowest BCUT2D eigenvalue weighted by Crippen LogP contribution is -2.49. The van der Waals surface area contributed by atoms with Crippen LogP contribution in [0.5, 0.6) is 5.75 Å². The third-order valence-corrected chi connectivity index (χ3v) is 5.82. The molecule has 25 heavy (non-hydrogen) atoms. The largest absolute Gasteiger partial charge is 0.508 e. The van der Waals surface area contributed by atoms with E-state index in [9.17, 15) is 9.90 Å². The molecule has 0 saturated carbocycles. The van der Waals surface area contributed by atoms with Gasteiger partial charge >= 0.3 is 0 Å². The van der Waals surface area contributed by atoms with Crippen molar-refractivity contribution < 1.29 is 9.90 Å². The first-order chi connectivity index (χ1) is 11.9. The van der Waals surface area contributed by atoms with Gasteiger partial charge in [0.15, 0.2) is 0 Å². The second kappa shape index (κ2) is 6.91. The lowest BCUT2D eigenvalue weighted by molar-refractivity contribution is -0.133. The first-order valence-electron chi connectivity index (χ1n) is 9.01. The number of aryl methyl sites for hydroxylation is 1. The van der Waals surface area contributed by atoms with E-state index in [1.54, 1.807) is 6.07 Å². The maximum absolute atomic E-state index is 12.7. The zero-order chi connectivity index (χ0) is 18.0. The number of carbonyl (C=O) groups excluding carboxylic acids is 1. The predicted molar refractivity (Wildman–Crippen MR) is 101 cm³/mol. The van der Waals surface area contributed by atoms with E-state index in [1.165, 1.54) is 5.56 Å². The van der Waals surface area contributed by atoms with Gasteiger partial charge in [0.25, 0.3) is 0 Å². The van der Waals surface area contributed by atoms with Gasteiger partial charge in [0, 0.05) is 13.1 Å². The number of phenols is 1. The molecule has 0 bridgehead atoms. The topological polar surface area (TPSA) is 40.5 Å². The monoisotopic (exact) mass is 337 g/mol. The molecule has 2 aromatic carbocycles. The third-order valence-electron chi connectivity index (χ3n) is 5.82. The summed E-state index contributed by atoms with van der Waals surface area (Å²) in [5.74, 6) is 0.850. The quantitative estimate of drug-likeness (QED) is 0.917. The van der Waals surface area contributed by atoms with E-state index in [1.807, 2.05) is 29.2 Å². The first-order valence-corrected chi connectivity index (χ1v) is 9.01. The second-order valence-electron chi connectivity index (χ2n) is 7.62. The van der Waals surface area contributed by atoms with Gasteiger partial charge in [-0.25, -0.2) is 0 Å². The molecule has 0 aliphatic carbocycles. The summed E-state index contributed by atoms with van der Waals surface area (Å²) >= 11 is 0. The minimum absolute atomic E-state index is 0.0145. The van der Waals surface area contributed by atoms with Crippen molar-refractivity contribution in [3.05, 3.63) is 65.2 Å². The number of piperidine rings is 1. The minimum Gasteiger partial charge on any atom is -0.508 e. The maximum atomic E-state index is 12.7. The highest BCUT2D eigenvalue weighted by atomic mass is 16.3. The Morgan fingerprint density at radius 2 is 1.96 bits per heavy atom. The van der Waals surface area contributed by atoms with Crippen LogP contribution in [0.15, 0.2) is 48.5 Å². The maximum Gasteiger partial charge on any atom is 0.226 e. The number of phenolic OH excluding ortho intramolecular Hbond substituents is 1. The van der Waals surface area contributed by atoms with Crippen LogP contribution in [-0.2, 0) is 16.6 Å². The standard InChI is InChI=1S/C22H27NO2/c1-16-7-9-18(10-8-16)13-21(25)23-12-11-22(3,17(2)15-23)19-5-4-6-20(24)14-19/h4-10,14,17,24H,11-13,15H2,1-3H3/t17-,22+/m0/s1. The molecule has 0 spiro atoms. The van der Waals surface area contributed by atoms with Crippen LogP contribution in [0.1, 0.15) is 37.0 Å². The van der Waals surface area contributed by atoms with E-state index in [-0.39, 0.29) is 11.3 Å². The van der Waals surface area contributed by atoms with Gasteiger partial charge in [-0.1, -0.05) is 55.8 Å². The predicted octanol–water partition coefficient (Wildman–Crippen LogP) is 4.07. The summed E-state index contributed by atoms with van der Waals surface area (Å²) < 4.78 is 0. The molecule has 3 heteroatoms. The number of likely N-dealkylation sites (tertiary alicyclic amines) is 1. The fourth-order valence-electron chi connectivity index (χ4n) is 3.75. The van der Waals surface area contributed by atoms with Crippen molar-refractivity contribution in [2.75, 3.05) is 13.1 Å².